The molecule has 0 unspecified atom stereocenters. The van der Waals surface area contributed by atoms with Crippen LogP contribution in [0.5, 0.6) is 0 Å². The third-order valence-electron chi connectivity index (χ3n) is 2.71. The second kappa shape index (κ2) is 5.50. The molecule has 3 aromatic rings. The van der Waals surface area contributed by atoms with Crippen LogP contribution in [0.25, 0.3) is 10.2 Å². The Morgan fingerprint density at radius 3 is 2.79 bits per heavy atom. The summed E-state index contributed by atoms with van der Waals surface area (Å²) in [4.78, 5) is 12.2. The monoisotopic (exact) mass is 286 g/mol. The van der Waals surface area contributed by atoms with Crippen molar-refractivity contribution in [2.24, 2.45) is 0 Å². The highest BCUT2D eigenvalue weighted by Crippen LogP contribution is 2.25. The first-order chi connectivity index (χ1) is 9.34. The van der Waals surface area contributed by atoms with Gasteiger partial charge in [-0.05, 0) is 29.2 Å². The van der Waals surface area contributed by atoms with Gasteiger partial charge in [-0.2, -0.15) is 0 Å². The van der Waals surface area contributed by atoms with Gasteiger partial charge in [0.05, 0.1) is 4.70 Å². The largest absolute Gasteiger partial charge is 0.282 e. The lowest BCUT2D eigenvalue weighted by Gasteiger charge is -2.01. The first-order valence-corrected chi connectivity index (χ1v) is 7.52. The molecule has 0 atom stereocenters. The van der Waals surface area contributed by atoms with E-state index in [4.69, 9.17) is 0 Å². The van der Waals surface area contributed by atoms with Crippen LogP contribution in [0.1, 0.15) is 15.9 Å². The number of hydrogen-bond acceptors (Lipinski definition) is 5. The quantitative estimate of drug-likeness (QED) is 0.735. The molecule has 0 spiro atoms. The molecule has 0 aliphatic heterocycles. The first kappa shape index (κ1) is 12.3. The second-order valence-corrected chi connectivity index (χ2v) is 5.69. The van der Waals surface area contributed by atoms with E-state index in [1.54, 1.807) is 0 Å². The van der Waals surface area contributed by atoms with Gasteiger partial charge in [0.15, 0.2) is 0 Å². The van der Waals surface area contributed by atoms with Gasteiger partial charge in [0.25, 0.3) is 0 Å². The number of hydrogen-bond donors (Lipinski definition) is 0. The summed E-state index contributed by atoms with van der Waals surface area (Å²) in [6.45, 7) is 0. The fourth-order valence-corrected chi connectivity index (χ4v) is 3.32. The molecule has 0 aliphatic carbocycles. The van der Waals surface area contributed by atoms with Crippen LogP contribution in [0.15, 0.2) is 48.5 Å². The van der Waals surface area contributed by atoms with Crippen molar-refractivity contribution in [2.75, 3.05) is 0 Å². The summed E-state index contributed by atoms with van der Waals surface area (Å²) >= 11 is 2.58. The first-order valence-electron chi connectivity index (χ1n) is 5.77. The van der Waals surface area contributed by atoms with E-state index in [-0.39, 0.29) is 5.12 Å². The Balaban J connectivity index is 1.79. The minimum absolute atomic E-state index is 0.0699. The highest BCUT2D eigenvalue weighted by atomic mass is 32.2. The van der Waals surface area contributed by atoms with Crippen LogP contribution in [-0.2, 0) is 5.75 Å². The van der Waals surface area contributed by atoms with E-state index < -0.39 is 0 Å². The molecule has 2 aromatic carbocycles. The van der Waals surface area contributed by atoms with Gasteiger partial charge in [-0.1, -0.05) is 52.6 Å². The maximum Gasteiger partial charge on any atom is 0.221 e. The minimum Gasteiger partial charge on any atom is -0.282 e. The van der Waals surface area contributed by atoms with Crippen LogP contribution in [0, 0.1) is 0 Å². The molecule has 3 rings (SSSR count). The van der Waals surface area contributed by atoms with Crippen molar-refractivity contribution in [3.63, 3.8) is 0 Å². The van der Waals surface area contributed by atoms with Crippen molar-refractivity contribution >= 4 is 38.6 Å². The van der Waals surface area contributed by atoms with Gasteiger partial charge < -0.3 is 0 Å². The summed E-state index contributed by atoms with van der Waals surface area (Å²) in [5, 5.41) is 4.06. The van der Waals surface area contributed by atoms with Crippen LogP contribution in [0.2, 0.25) is 0 Å². The fraction of sp³-hybridized carbons (Fsp3) is 0.0714. The van der Waals surface area contributed by atoms with Crippen LogP contribution < -0.4 is 0 Å². The zero-order valence-corrected chi connectivity index (χ0v) is 11.6. The molecule has 19 heavy (non-hydrogen) atoms. The summed E-state index contributed by atoms with van der Waals surface area (Å²) in [6.07, 6.45) is 0. The van der Waals surface area contributed by atoms with Gasteiger partial charge in [-0.25, -0.2) is 0 Å². The summed E-state index contributed by atoms with van der Waals surface area (Å²) in [6, 6.07) is 15.5. The number of thioether (sulfide) groups is 1. The van der Waals surface area contributed by atoms with Crippen LogP contribution in [0.3, 0.4) is 0 Å². The van der Waals surface area contributed by atoms with Crippen molar-refractivity contribution in [2.45, 2.75) is 5.75 Å². The molecule has 5 heteroatoms. The Morgan fingerprint density at radius 1 is 1.11 bits per heavy atom. The third-order valence-corrected chi connectivity index (χ3v) is 4.44. The molecular weight excluding hydrogens is 276 g/mol. The van der Waals surface area contributed by atoms with Crippen molar-refractivity contribution in [1.29, 1.82) is 0 Å². The molecule has 0 N–H and O–H groups in total. The summed E-state index contributed by atoms with van der Waals surface area (Å²) in [5.41, 5.74) is 2.64. The molecule has 0 amide bonds. The average Bonchev–Trinajstić information content (AvgIpc) is 2.94. The van der Waals surface area contributed by atoms with E-state index in [1.165, 1.54) is 23.3 Å². The number of nitrogens with zero attached hydrogens (tertiary/aromatic N) is 2. The summed E-state index contributed by atoms with van der Waals surface area (Å²) < 4.78 is 4.76. The van der Waals surface area contributed by atoms with E-state index in [0.29, 0.717) is 11.3 Å². The molecule has 3 nitrogen and oxygen atoms in total. The number of rotatable bonds is 3. The number of carbonyl (C=O) groups excluding carboxylic acids is 1. The van der Waals surface area contributed by atoms with E-state index in [9.17, 15) is 4.79 Å². The van der Waals surface area contributed by atoms with Crippen LogP contribution >= 0.6 is 23.3 Å². The second-order valence-electron chi connectivity index (χ2n) is 3.99. The predicted molar refractivity (Wildman–Crippen MR) is 79.5 cm³/mol. The smallest absolute Gasteiger partial charge is 0.221 e. The van der Waals surface area contributed by atoms with Crippen molar-refractivity contribution in [1.82, 2.24) is 9.59 Å². The van der Waals surface area contributed by atoms with Crippen molar-refractivity contribution in [3.05, 3.63) is 59.7 Å². The molecule has 0 saturated heterocycles. The minimum atomic E-state index is 0.0699. The standard InChI is InChI=1S/C14H10N2OS2/c17-14(18-9-10-5-2-1-3-6-10)11-7-4-8-12-13(11)19-16-15-12/h1-8H,9H2. The van der Waals surface area contributed by atoms with Gasteiger partial charge in [0.2, 0.25) is 5.12 Å². The molecule has 94 valence electrons. The molecule has 0 bridgehead atoms. The zero-order valence-electron chi connectivity index (χ0n) is 9.95. The Hall–Kier alpha value is -1.72. The lowest BCUT2D eigenvalue weighted by molar-refractivity contribution is 0.109. The molecule has 1 aromatic heterocycles. The van der Waals surface area contributed by atoms with E-state index in [2.05, 4.69) is 9.59 Å². The summed E-state index contributed by atoms with van der Waals surface area (Å²) in [5.74, 6) is 0.683. The predicted octanol–water partition coefficient (Wildman–Crippen LogP) is 3.76. The highest BCUT2D eigenvalue weighted by Gasteiger charge is 2.13. The fourth-order valence-electron chi connectivity index (χ4n) is 1.77. The SMILES string of the molecule is O=C(SCc1ccccc1)c1cccc2nnsc12. The number of fused-ring (bicyclic) bond motifs is 1. The van der Waals surface area contributed by atoms with Crippen molar-refractivity contribution in [3.8, 4) is 0 Å². The zero-order chi connectivity index (χ0) is 13.1. The lowest BCUT2D eigenvalue weighted by atomic mass is 10.2. The molecule has 0 radical (unpaired) electrons. The maximum atomic E-state index is 12.2. The van der Waals surface area contributed by atoms with Crippen LogP contribution in [-0.4, -0.2) is 14.7 Å². The van der Waals surface area contributed by atoms with E-state index >= 15 is 0 Å². The van der Waals surface area contributed by atoms with E-state index in [0.717, 1.165) is 15.8 Å². The maximum absolute atomic E-state index is 12.2. The Morgan fingerprint density at radius 2 is 1.95 bits per heavy atom. The molecule has 1 heterocycles. The van der Waals surface area contributed by atoms with Crippen molar-refractivity contribution < 1.29 is 4.79 Å². The Kier molecular flexibility index (Phi) is 3.57. The Bertz CT molecular complexity index is 710. The number of aromatic nitrogens is 2. The average molecular weight is 286 g/mol. The molecule has 0 aliphatic rings. The van der Waals surface area contributed by atoms with Gasteiger partial charge in [0, 0.05) is 11.3 Å². The molecular formula is C14H10N2OS2. The highest BCUT2D eigenvalue weighted by molar-refractivity contribution is 8.13. The topological polar surface area (TPSA) is 42.9 Å². The van der Waals surface area contributed by atoms with Gasteiger partial charge in [0.1, 0.15) is 5.52 Å². The van der Waals surface area contributed by atoms with Gasteiger partial charge in [-0.15, -0.1) is 5.10 Å². The van der Waals surface area contributed by atoms with Gasteiger partial charge in [-0.3, -0.25) is 4.79 Å². The molecule has 0 saturated carbocycles. The summed E-state index contributed by atoms with van der Waals surface area (Å²) in [7, 11) is 0. The number of benzene rings is 2. The van der Waals surface area contributed by atoms with Gasteiger partial charge >= 0.3 is 0 Å². The number of carbonyl (C=O) groups is 1. The third kappa shape index (κ3) is 2.67. The molecule has 0 fully saturated rings. The lowest BCUT2D eigenvalue weighted by Crippen LogP contribution is -1.94. The van der Waals surface area contributed by atoms with E-state index in [1.807, 2.05) is 48.5 Å². The Labute approximate surface area is 118 Å². The normalized spacial score (nSPS) is 10.7. The van der Waals surface area contributed by atoms with Crippen LogP contribution in [0.4, 0.5) is 0 Å².